The molecule has 1 fully saturated rings. The molecule has 0 saturated heterocycles. The van der Waals surface area contributed by atoms with Crippen molar-refractivity contribution in [1.82, 2.24) is 9.71 Å². The summed E-state index contributed by atoms with van der Waals surface area (Å²) in [7, 11) is 0. The first-order valence-corrected chi connectivity index (χ1v) is 10.9. The van der Waals surface area contributed by atoms with Gasteiger partial charge in [-0.3, -0.25) is 0 Å². The van der Waals surface area contributed by atoms with Crippen LogP contribution in [0.3, 0.4) is 0 Å². The zero-order chi connectivity index (χ0) is 20.9. The summed E-state index contributed by atoms with van der Waals surface area (Å²) in [4.78, 5) is 4.24. The van der Waals surface area contributed by atoms with E-state index in [0.717, 1.165) is 17.4 Å². The fourth-order valence-electron chi connectivity index (χ4n) is 2.66. The van der Waals surface area contributed by atoms with Gasteiger partial charge in [-0.15, -0.1) is 16.1 Å². The molecule has 154 valence electrons. The average molecular weight is 455 g/mol. The van der Waals surface area contributed by atoms with Crippen LogP contribution in [0.1, 0.15) is 55.9 Å². The van der Waals surface area contributed by atoms with Gasteiger partial charge < -0.3 is 4.55 Å². The lowest BCUT2D eigenvalue weighted by Crippen LogP contribution is -2.41. The number of alkyl halides is 3. The first-order valence-electron chi connectivity index (χ1n) is 8.51. The normalized spacial score (nSPS) is 18.8. The number of hydrogen-bond acceptors (Lipinski definition) is 4. The van der Waals surface area contributed by atoms with Crippen molar-refractivity contribution in [3.8, 4) is 0 Å². The fourth-order valence-corrected chi connectivity index (χ4v) is 4.80. The Labute approximate surface area is 172 Å². The lowest BCUT2D eigenvalue weighted by molar-refractivity contribution is -0.160. The van der Waals surface area contributed by atoms with Crippen LogP contribution < -0.4 is 4.72 Å². The van der Waals surface area contributed by atoms with E-state index in [1.54, 1.807) is 20.8 Å². The monoisotopic (exact) mass is 454 g/mol. The van der Waals surface area contributed by atoms with Crippen LogP contribution in [-0.2, 0) is 16.8 Å². The van der Waals surface area contributed by atoms with Crippen LogP contribution in [0, 0.1) is 5.82 Å². The Morgan fingerprint density at radius 1 is 1.29 bits per heavy atom. The van der Waals surface area contributed by atoms with E-state index in [1.165, 1.54) is 17.5 Å². The van der Waals surface area contributed by atoms with Crippen LogP contribution in [0.4, 0.5) is 17.6 Å². The summed E-state index contributed by atoms with van der Waals surface area (Å²) in [5, 5.41) is 1.39. The summed E-state index contributed by atoms with van der Waals surface area (Å²) in [6.07, 6.45) is -4.34. The van der Waals surface area contributed by atoms with E-state index in [0.29, 0.717) is 11.3 Å². The predicted molar refractivity (Wildman–Crippen MR) is 103 cm³/mol. The predicted octanol–water partition coefficient (Wildman–Crippen LogP) is 5.67. The lowest BCUT2D eigenvalue weighted by Gasteiger charge is -2.27. The molecule has 10 heteroatoms. The number of halogens is 5. The summed E-state index contributed by atoms with van der Waals surface area (Å²) < 4.78 is 68.8. The molecule has 1 aliphatic rings. The number of hydrogen-bond donors (Lipinski definition) is 1. The summed E-state index contributed by atoms with van der Waals surface area (Å²) in [5.41, 5.74) is -1.11. The first kappa shape index (κ1) is 21.8. The highest BCUT2D eigenvalue weighted by Gasteiger charge is 2.66. The molecule has 1 aliphatic carbocycles. The van der Waals surface area contributed by atoms with Crippen molar-refractivity contribution in [2.24, 2.45) is 0 Å². The molecule has 1 N–H and O–H groups in total. The SMILES string of the molecule is CC(C)(C)[S@@+]([O-])N[C@H](c1ccc(F)c(Cl)c1)c1csc(C2(C(F)(F)F)CC2)n1. The van der Waals surface area contributed by atoms with Gasteiger partial charge in [0.1, 0.15) is 27.0 Å². The first-order chi connectivity index (χ1) is 12.8. The van der Waals surface area contributed by atoms with Crippen molar-refractivity contribution in [1.29, 1.82) is 0 Å². The van der Waals surface area contributed by atoms with Crippen LogP contribution in [0.25, 0.3) is 0 Å². The van der Waals surface area contributed by atoms with Crippen molar-refractivity contribution in [3.05, 3.63) is 50.7 Å². The minimum absolute atomic E-state index is 0.00319. The summed E-state index contributed by atoms with van der Waals surface area (Å²) >= 11 is 5.27. The van der Waals surface area contributed by atoms with Crippen molar-refractivity contribution in [2.75, 3.05) is 0 Å². The van der Waals surface area contributed by atoms with E-state index in [-0.39, 0.29) is 22.9 Å². The van der Waals surface area contributed by atoms with Gasteiger partial charge in [0.05, 0.1) is 10.7 Å². The third-order valence-corrected chi connectivity index (χ3v) is 7.49. The van der Waals surface area contributed by atoms with Gasteiger partial charge in [0.15, 0.2) is 0 Å². The number of benzene rings is 1. The maximum atomic E-state index is 13.6. The van der Waals surface area contributed by atoms with Crippen molar-refractivity contribution in [3.63, 3.8) is 0 Å². The quantitative estimate of drug-likeness (QED) is 0.467. The van der Waals surface area contributed by atoms with E-state index in [4.69, 9.17) is 11.6 Å². The molecule has 2 atom stereocenters. The van der Waals surface area contributed by atoms with Crippen LogP contribution in [0.15, 0.2) is 23.6 Å². The molecule has 0 amide bonds. The maximum absolute atomic E-state index is 13.6. The molecular weight excluding hydrogens is 436 g/mol. The van der Waals surface area contributed by atoms with Crippen molar-refractivity contribution < 1.29 is 22.1 Å². The largest absolute Gasteiger partial charge is 0.598 e. The van der Waals surface area contributed by atoms with E-state index in [2.05, 4.69) is 9.71 Å². The maximum Gasteiger partial charge on any atom is 0.400 e. The molecule has 0 spiro atoms. The summed E-state index contributed by atoms with van der Waals surface area (Å²) in [6.45, 7) is 5.29. The van der Waals surface area contributed by atoms with Crippen LogP contribution in [0.2, 0.25) is 5.02 Å². The van der Waals surface area contributed by atoms with E-state index < -0.39 is 39.6 Å². The Hall–Kier alpha value is -0.870. The van der Waals surface area contributed by atoms with Gasteiger partial charge in [0.25, 0.3) is 0 Å². The Kier molecular flexibility index (Phi) is 5.79. The molecule has 1 saturated carbocycles. The van der Waals surface area contributed by atoms with Crippen molar-refractivity contribution in [2.45, 2.75) is 56.0 Å². The molecular formula is C18H19ClF4N2OS2. The molecule has 1 heterocycles. The highest BCUT2D eigenvalue weighted by molar-refractivity contribution is 7.90. The molecule has 0 radical (unpaired) electrons. The van der Waals surface area contributed by atoms with Crippen LogP contribution >= 0.6 is 22.9 Å². The topological polar surface area (TPSA) is 48.0 Å². The third kappa shape index (κ3) is 4.18. The second-order valence-corrected chi connectivity index (χ2v) is 11.0. The molecule has 1 aromatic heterocycles. The molecule has 2 aromatic rings. The highest BCUT2D eigenvalue weighted by atomic mass is 35.5. The molecule has 3 nitrogen and oxygen atoms in total. The van der Waals surface area contributed by atoms with Gasteiger partial charge in [-0.2, -0.15) is 13.2 Å². The Morgan fingerprint density at radius 2 is 1.93 bits per heavy atom. The second kappa shape index (κ2) is 7.43. The Balaban J connectivity index is 1.99. The minimum Gasteiger partial charge on any atom is -0.598 e. The second-order valence-electron chi connectivity index (χ2n) is 7.76. The van der Waals surface area contributed by atoms with Gasteiger partial charge in [0.2, 0.25) is 0 Å². The zero-order valence-corrected chi connectivity index (χ0v) is 17.8. The number of nitrogens with one attached hydrogen (secondary N) is 1. The molecule has 0 bridgehead atoms. The third-order valence-electron chi connectivity index (χ3n) is 4.58. The fraction of sp³-hybridized carbons (Fsp3) is 0.500. The smallest absolute Gasteiger partial charge is 0.400 e. The van der Waals surface area contributed by atoms with E-state index in [1.807, 2.05) is 0 Å². The zero-order valence-electron chi connectivity index (χ0n) is 15.4. The van der Waals surface area contributed by atoms with Gasteiger partial charge in [0, 0.05) is 16.7 Å². The van der Waals surface area contributed by atoms with E-state index in [9.17, 15) is 22.1 Å². The molecule has 0 unspecified atom stereocenters. The molecule has 1 aromatic carbocycles. The minimum atomic E-state index is -4.36. The number of rotatable bonds is 5. The lowest BCUT2D eigenvalue weighted by atomic mass is 10.0. The van der Waals surface area contributed by atoms with Crippen molar-refractivity contribution >= 4 is 34.3 Å². The van der Waals surface area contributed by atoms with Gasteiger partial charge in [-0.25, -0.2) is 9.37 Å². The van der Waals surface area contributed by atoms with E-state index >= 15 is 0 Å². The van der Waals surface area contributed by atoms with Gasteiger partial charge >= 0.3 is 6.18 Å². The van der Waals surface area contributed by atoms with Crippen LogP contribution in [0.5, 0.6) is 0 Å². The van der Waals surface area contributed by atoms with Crippen LogP contribution in [-0.4, -0.2) is 20.5 Å². The number of thiazole rings is 1. The summed E-state index contributed by atoms with van der Waals surface area (Å²) in [5.74, 6) is -0.617. The Morgan fingerprint density at radius 3 is 2.43 bits per heavy atom. The van der Waals surface area contributed by atoms with Gasteiger partial charge in [-0.1, -0.05) is 17.7 Å². The standard InChI is InChI=1S/C18H19ClF4N2OS2/c1-16(2,3)28(26)25-14(10-4-5-12(20)11(19)8-10)13-9-27-15(24-13)17(6-7-17)18(21,22)23/h4-5,8-9,14,25H,6-7H2,1-3H3/t14-,28-/m1/s1. The average Bonchev–Trinajstić information content (AvgIpc) is 3.26. The highest BCUT2D eigenvalue weighted by Crippen LogP contribution is 2.59. The Bertz CT molecular complexity index is 862. The molecule has 0 aliphatic heterocycles. The number of aromatic nitrogens is 1. The summed E-state index contributed by atoms with van der Waals surface area (Å²) in [6, 6.07) is 3.20. The van der Waals surface area contributed by atoms with Gasteiger partial charge in [-0.05, 0) is 51.3 Å². The molecule has 28 heavy (non-hydrogen) atoms. The number of nitrogens with zero attached hydrogens (tertiary/aromatic N) is 1. The molecule has 3 rings (SSSR count).